The van der Waals surface area contributed by atoms with Crippen molar-refractivity contribution in [3.8, 4) is 5.75 Å². The third kappa shape index (κ3) is 6.88. The Morgan fingerprint density at radius 3 is 2.49 bits per heavy atom. The fourth-order valence-corrected chi connectivity index (χ4v) is 3.15. The van der Waals surface area contributed by atoms with E-state index in [9.17, 15) is 9.59 Å². The number of hydrogen-bond acceptors (Lipinski definition) is 7. The first kappa shape index (κ1) is 23.4. The summed E-state index contributed by atoms with van der Waals surface area (Å²) in [5, 5.41) is 6.36. The van der Waals surface area contributed by atoms with Crippen molar-refractivity contribution in [1.82, 2.24) is 10.1 Å². The molecule has 1 N–H and O–H groups in total. The van der Waals surface area contributed by atoms with E-state index >= 15 is 0 Å². The van der Waals surface area contributed by atoms with Gasteiger partial charge in [0.1, 0.15) is 18.1 Å². The van der Waals surface area contributed by atoms with Gasteiger partial charge in [0.05, 0.1) is 5.69 Å². The van der Waals surface area contributed by atoms with Crippen LogP contribution in [0.5, 0.6) is 5.75 Å². The highest BCUT2D eigenvalue weighted by molar-refractivity contribution is 5.97. The molecule has 0 bridgehead atoms. The molecule has 1 amide bonds. The molecule has 0 aliphatic rings. The number of esters is 1. The number of amides is 1. The van der Waals surface area contributed by atoms with Crippen LogP contribution in [-0.4, -0.2) is 22.0 Å². The molecule has 0 radical (unpaired) electrons. The quantitative estimate of drug-likeness (QED) is 0.275. The summed E-state index contributed by atoms with van der Waals surface area (Å²) in [6, 6.07) is 23.2. The van der Waals surface area contributed by atoms with E-state index in [1.807, 2.05) is 36.4 Å². The van der Waals surface area contributed by atoms with E-state index in [1.54, 1.807) is 61.7 Å². The monoisotopic (exact) mass is 469 g/mol. The summed E-state index contributed by atoms with van der Waals surface area (Å²) >= 11 is 0. The number of rotatable bonds is 9. The van der Waals surface area contributed by atoms with E-state index in [4.69, 9.17) is 14.0 Å². The zero-order valence-corrected chi connectivity index (χ0v) is 19.0. The lowest BCUT2D eigenvalue weighted by atomic mass is 10.1. The zero-order valence-electron chi connectivity index (χ0n) is 19.0. The molecule has 4 rings (SSSR count). The average molecular weight is 469 g/mol. The van der Waals surface area contributed by atoms with Crippen molar-refractivity contribution in [2.24, 2.45) is 0 Å². The van der Waals surface area contributed by atoms with Gasteiger partial charge < -0.3 is 19.3 Å². The van der Waals surface area contributed by atoms with Gasteiger partial charge >= 0.3 is 5.97 Å². The third-order valence-corrected chi connectivity index (χ3v) is 4.86. The molecular weight excluding hydrogens is 446 g/mol. The Bertz CT molecular complexity index is 1290. The second kappa shape index (κ2) is 11.4. The third-order valence-electron chi connectivity index (χ3n) is 4.86. The Labute approximate surface area is 202 Å². The van der Waals surface area contributed by atoms with Gasteiger partial charge in [-0.25, -0.2) is 4.79 Å². The molecule has 8 heteroatoms. The molecule has 1 unspecified atom stereocenters. The van der Waals surface area contributed by atoms with Gasteiger partial charge in [-0.2, -0.15) is 0 Å². The van der Waals surface area contributed by atoms with Crippen LogP contribution in [0.4, 0.5) is 5.82 Å². The maximum Gasteiger partial charge on any atom is 0.331 e. The van der Waals surface area contributed by atoms with Crippen molar-refractivity contribution >= 4 is 23.8 Å². The first-order chi connectivity index (χ1) is 17.1. The molecule has 0 spiro atoms. The SMILES string of the molecule is Cc1cc(NC(=O)C(OC(=O)/C=C/c2ccc(OCc3ccccn3)cc2)c2ccccc2)no1. The van der Waals surface area contributed by atoms with E-state index in [2.05, 4.69) is 15.5 Å². The molecular formula is C27H23N3O5. The minimum atomic E-state index is -1.16. The highest BCUT2D eigenvalue weighted by Gasteiger charge is 2.25. The van der Waals surface area contributed by atoms with Crippen LogP contribution < -0.4 is 10.1 Å². The molecule has 2 aromatic carbocycles. The second-order valence-electron chi connectivity index (χ2n) is 7.55. The number of anilines is 1. The summed E-state index contributed by atoms with van der Waals surface area (Å²) < 4.78 is 16.2. The molecule has 8 nitrogen and oxygen atoms in total. The van der Waals surface area contributed by atoms with Crippen molar-refractivity contribution in [2.45, 2.75) is 19.6 Å². The minimum Gasteiger partial charge on any atom is -0.487 e. The molecule has 0 saturated carbocycles. The number of aryl methyl sites for hydroxylation is 1. The molecule has 0 aliphatic heterocycles. The minimum absolute atomic E-state index is 0.241. The van der Waals surface area contributed by atoms with E-state index in [-0.39, 0.29) is 5.82 Å². The molecule has 176 valence electrons. The van der Waals surface area contributed by atoms with Crippen molar-refractivity contribution in [3.63, 3.8) is 0 Å². The van der Waals surface area contributed by atoms with E-state index in [1.165, 1.54) is 6.08 Å². The van der Waals surface area contributed by atoms with Crippen molar-refractivity contribution < 1.29 is 23.6 Å². The number of carbonyl (C=O) groups is 2. The lowest BCUT2D eigenvalue weighted by molar-refractivity contribution is -0.149. The predicted molar refractivity (Wildman–Crippen MR) is 129 cm³/mol. The zero-order chi connectivity index (χ0) is 24.5. The molecule has 0 aliphatic carbocycles. The number of pyridine rings is 1. The highest BCUT2D eigenvalue weighted by Crippen LogP contribution is 2.21. The van der Waals surface area contributed by atoms with Crippen LogP contribution in [0.2, 0.25) is 0 Å². The van der Waals surface area contributed by atoms with Crippen LogP contribution >= 0.6 is 0 Å². The van der Waals surface area contributed by atoms with E-state index in [0.29, 0.717) is 23.7 Å². The topological polar surface area (TPSA) is 104 Å². The number of ether oxygens (including phenoxy) is 2. The molecule has 35 heavy (non-hydrogen) atoms. The number of nitrogens with one attached hydrogen (secondary N) is 1. The molecule has 0 saturated heterocycles. The number of aromatic nitrogens is 2. The van der Waals surface area contributed by atoms with Gasteiger partial charge in [0.25, 0.3) is 5.91 Å². The molecule has 0 fully saturated rings. The Morgan fingerprint density at radius 2 is 1.80 bits per heavy atom. The van der Waals surface area contributed by atoms with Gasteiger partial charge in [-0.1, -0.05) is 53.7 Å². The fourth-order valence-electron chi connectivity index (χ4n) is 3.15. The fraction of sp³-hybridized carbons (Fsp3) is 0.111. The molecule has 4 aromatic rings. The van der Waals surface area contributed by atoms with Crippen LogP contribution in [0.25, 0.3) is 6.08 Å². The lowest BCUT2D eigenvalue weighted by Crippen LogP contribution is -2.25. The van der Waals surface area contributed by atoms with Gasteiger partial charge in [0.2, 0.25) is 6.10 Å². The number of hydrogen-bond donors (Lipinski definition) is 1. The Kier molecular flexibility index (Phi) is 7.65. The first-order valence-electron chi connectivity index (χ1n) is 10.9. The smallest absolute Gasteiger partial charge is 0.331 e. The molecule has 2 heterocycles. The summed E-state index contributed by atoms with van der Waals surface area (Å²) in [5.74, 6) is 0.260. The van der Waals surface area contributed by atoms with Gasteiger partial charge in [0, 0.05) is 23.9 Å². The number of carbonyl (C=O) groups excluding carboxylic acids is 2. The van der Waals surface area contributed by atoms with E-state index < -0.39 is 18.0 Å². The summed E-state index contributed by atoms with van der Waals surface area (Å²) in [6.07, 6.45) is 3.43. The van der Waals surface area contributed by atoms with Crippen LogP contribution in [0.3, 0.4) is 0 Å². The standard InChI is InChI=1S/C27H23N3O5/c1-19-17-24(30-35-19)29-27(32)26(21-7-3-2-4-8-21)34-25(31)15-12-20-10-13-23(14-11-20)33-18-22-9-5-6-16-28-22/h2-17,26H,18H2,1H3,(H,29,30,32)/b15-12+. The number of benzene rings is 2. The predicted octanol–water partition coefficient (Wildman–Crippen LogP) is 4.89. The van der Waals surface area contributed by atoms with Crippen molar-refractivity contribution in [1.29, 1.82) is 0 Å². The Morgan fingerprint density at radius 1 is 1.03 bits per heavy atom. The summed E-state index contributed by atoms with van der Waals surface area (Å²) in [4.78, 5) is 29.6. The van der Waals surface area contributed by atoms with Crippen LogP contribution in [0.1, 0.15) is 28.7 Å². The van der Waals surface area contributed by atoms with Crippen LogP contribution in [-0.2, 0) is 20.9 Å². The average Bonchev–Trinajstić information content (AvgIpc) is 3.30. The van der Waals surface area contributed by atoms with Gasteiger partial charge in [0.15, 0.2) is 5.82 Å². The summed E-state index contributed by atoms with van der Waals surface area (Å²) in [6.45, 7) is 2.07. The number of nitrogens with zero attached hydrogens (tertiary/aromatic N) is 2. The van der Waals surface area contributed by atoms with Gasteiger partial charge in [-0.05, 0) is 42.8 Å². The maximum absolute atomic E-state index is 12.8. The highest BCUT2D eigenvalue weighted by atomic mass is 16.5. The van der Waals surface area contributed by atoms with Crippen LogP contribution in [0, 0.1) is 6.92 Å². The van der Waals surface area contributed by atoms with Crippen molar-refractivity contribution in [3.05, 3.63) is 114 Å². The molecule has 1 atom stereocenters. The van der Waals surface area contributed by atoms with Crippen LogP contribution in [0.15, 0.2) is 95.7 Å². The first-order valence-corrected chi connectivity index (χ1v) is 10.9. The summed E-state index contributed by atoms with van der Waals surface area (Å²) in [5.41, 5.74) is 2.13. The Balaban J connectivity index is 1.37. The van der Waals surface area contributed by atoms with Gasteiger partial charge in [-0.3, -0.25) is 9.78 Å². The maximum atomic E-state index is 12.8. The lowest BCUT2D eigenvalue weighted by Gasteiger charge is -2.16. The van der Waals surface area contributed by atoms with Gasteiger partial charge in [-0.15, -0.1) is 0 Å². The Hall–Kier alpha value is -4.72. The normalized spacial score (nSPS) is 11.7. The summed E-state index contributed by atoms with van der Waals surface area (Å²) in [7, 11) is 0. The van der Waals surface area contributed by atoms with E-state index in [0.717, 1.165) is 11.3 Å². The molecule has 2 aromatic heterocycles. The second-order valence-corrected chi connectivity index (χ2v) is 7.55. The van der Waals surface area contributed by atoms with Crippen molar-refractivity contribution in [2.75, 3.05) is 5.32 Å². The largest absolute Gasteiger partial charge is 0.487 e.